The lowest BCUT2D eigenvalue weighted by Crippen LogP contribution is -2.26. The fourth-order valence-electron chi connectivity index (χ4n) is 1.39. The molecule has 0 amide bonds. The van der Waals surface area contributed by atoms with E-state index in [-0.39, 0.29) is 6.54 Å². The van der Waals surface area contributed by atoms with E-state index >= 15 is 0 Å². The van der Waals surface area contributed by atoms with E-state index in [1.807, 2.05) is 26.0 Å². The number of aromatic nitrogens is 1. The maximum atomic E-state index is 12.2. The molecule has 0 aliphatic rings. The minimum atomic E-state index is -2.35. The van der Waals surface area contributed by atoms with Gasteiger partial charge in [0.05, 0.1) is 12.2 Å². The number of anilines is 1. The predicted octanol–water partition coefficient (Wildman–Crippen LogP) is 2.28. The van der Waals surface area contributed by atoms with Gasteiger partial charge in [0, 0.05) is 19.6 Å². The molecule has 1 rings (SSSR count). The first-order valence-corrected chi connectivity index (χ1v) is 5.67. The highest BCUT2D eigenvalue weighted by Crippen LogP contribution is 2.11. The normalized spacial score (nSPS) is 11.2. The molecule has 0 spiro atoms. The third kappa shape index (κ3) is 5.08. The van der Waals surface area contributed by atoms with Crippen molar-refractivity contribution in [3.05, 3.63) is 23.9 Å². The Morgan fingerprint density at radius 1 is 1.35 bits per heavy atom. The third-order valence-electron chi connectivity index (χ3n) is 2.29. The molecule has 1 N–H and O–H groups in total. The lowest BCUT2D eigenvalue weighted by Gasteiger charge is -2.18. The van der Waals surface area contributed by atoms with Crippen LogP contribution in [0.2, 0.25) is 0 Å². The van der Waals surface area contributed by atoms with E-state index in [4.69, 9.17) is 0 Å². The van der Waals surface area contributed by atoms with Crippen LogP contribution in [0.5, 0.6) is 0 Å². The van der Waals surface area contributed by atoms with E-state index in [1.165, 1.54) is 4.90 Å². The lowest BCUT2D eigenvalue weighted by molar-refractivity contribution is 0.156. The van der Waals surface area contributed by atoms with Crippen molar-refractivity contribution in [3.8, 4) is 0 Å². The molecular formula is C12H19F2N3. The molecule has 0 radical (unpaired) electrons. The SMILES string of the molecule is CC(C)NCc1cccc(N(C)CC(F)F)n1. The van der Waals surface area contributed by atoms with Gasteiger partial charge in [0.1, 0.15) is 5.82 Å². The van der Waals surface area contributed by atoms with Crippen molar-refractivity contribution in [2.75, 3.05) is 18.5 Å². The number of rotatable bonds is 6. The van der Waals surface area contributed by atoms with Crippen LogP contribution in [0.4, 0.5) is 14.6 Å². The standard InChI is InChI=1S/C12H19F2N3/c1-9(2)15-7-10-5-4-6-12(16-10)17(3)8-11(13)14/h4-6,9,11,15H,7-8H2,1-3H3. The van der Waals surface area contributed by atoms with Crippen LogP contribution in [0, 0.1) is 0 Å². The number of alkyl halides is 2. The molecule has 5 heteroatoms. The molecule has 0 atom stereocenters. The van der Waals surface area contributed by atoms with Crippen LogP contribution >= 0.6 is 0 Å². The Balaban J connectivity index is 2.64. The fraction of sp³-hybridized carbons (Fsp3) is 0.583. The highest BCUT2D eigenvalue weighted by Gasteiger charge is 2.09. The van der Waals surface area contributed by atoms with Crippen molar-refractivity contribution < 1.29 is 8.78 Å². The molecule has 0 saturated heterocycles. The number of pyridine rings is 1. The maximum absolute atomic E-state index is 12.2. The first-order valence-electron chi connectivity index (χ1n) is 5.67. The molecule has 0 aliphatic heterocycles. The van der Waals surface area contributed by atoms with Crippen LogP contribution in [-0.4, -0.2) is 31.0 Å². The first kappa shape index (κ1) is 13.8. The van der Waals surface area contributed by atoms with Gasteiger partial charge in [0.15, 0.2) is 0 Å². The minimum Gasteiger partial charge on any atom is -0.354 e. The summed E-state index contributed by atoms with van der Waals surface area (Å²) >= 11 is 0. The van der Waals surface area contributed by atoms with Crippen LogP contribution in [0.3, 0.4) is 0 Å². The Kier molecular flexibility index (Phi) is 5.28. The summed E-state index contributed by atoms with van der Waals surface area (Å²) in [5, 5.41) is 3.24. The minimum absolute atomic E-state index is 0.298. The molecule has 96 valence electrons. The summed E-state index contributed by atoms with van der Waals surface area (Å²) in [6, 6.07) is 5.83. The largest absolute Gasteiger partial charge is 0.354 e. The van der Waals surface area contributed by atoms with Crippen molar-refractivity contribution in [1.82, 2.24) is 10.3 Å². The number of hydrogen-bond acceptors (Lipinski definition) is 3. The smallest absolute Gasteiger partial charge is 0.255 e. The van der Waals surface area contributed by atoms with E-state index in [9.17, 15) is 8.78 Å². The molecule has 3 nitrogen and oxygen atoms in total. The average molecular weight is 243 g/mol. The number of hydrogen-bond donors (Lipinski definition) is 1. The number of nitrogens with one attached hydrogen (secondary N) is 1. The van der Waals surface area contributed by atoms with Gasteiger partial charge >= 0.3 is 0 Å². The molecular weight excluding hydrogens is 224 g/mol. The number of nitrogens with zero attached hydrogens (tertiary/aromatic N) is 2. The maximum Gasteiger partial charge on any atom is 0.255 e. The van der Waals surface area contributed by atoms with E-state index in [0.717, 1.165) is 5.69 Å². The van der Waals surface area contributed by atoms with Gasteiger partial charge in [-0.05, 0) is 12.1 Å². The molecule has 17 heavy (non-hydrogen) atoms. The molecule has 1 aromatic rings. The Hall–Kier alpha value is -1.23. The molecule has 0 saturated carbocycles. The van der Waals surface area contributed by atoms with Gasteiger partial charge in [-0.1, -0.05) is 19.9 Å². The summed E-state index contributed by atoms with van der Waals surface area (Å²) in [6.07, 6.45) is -2.35. The Bertz CT molecular complexity index is 342. The number of halogens is 2. The third-order valence-corrected chi connectivity index (χ3v) is 2.29. The van der Waals surface area contributed by atoms with Crippen molar-refractivity contribution >= 4 is 5.82 Å². The topological polar surface area (TPSA) is 28.2 Å². The summed E-state index contributed by atoms with van der Waals surface area (Å²) in [5.41, 5.74) is 0.859. The van der Waals surface area contributed by atoms with Gasteiger partial charge in [0.25, 0.3) is 6.43 Å². The van der Waals surface area contributed by atoms with Crippen molar-refractivity contribution in [1.29, 1.82) is 0 Å². The van der Waals surface area contributed by atoms with Crippen molar-refractivity contribution in [2.45, 2.75) is 32.9 Å². The van der Waals surface area contributed by atoms with Crippen molar-refractivity contribution in [3.63, 3.8) is 0 Å². The van der Waals surface area contributed by atoms with Crippen LogP contribution in [-0.2, 0) is 6.54 Å². The molecule has 0 fully saturated rings. The summed E-state index contributed by atoms with van der Waals surface area (Å²) in [5.74, 6) is 0.577. The zero-order chi connectivity index (χ0) is 12.8. The van der Waals surface area contributed by atoms with E-state index in [0.29, 0.717) is 18.4 Å². The van der Waals surface area contributed by atoms with Crippen molar-refractivity contribution in [2.24, 2.45) is 0 Å². The Morgan fingerprint density at radius 2 is 2.06 bits per heavy atom. The molecule has 0 unspecified atom stereocenters. The van der Waals surface area contributed by atoms with Gasteiger partial charge in [0.2, 0.25) is 0 Å². The molecule has 0 aliphatic carbocycles. The molecule has 0 aromatic carbocycles. The monoisotopic (exact) mass is 243 g/mol. The molecule has 0 bridgehead atoms. The van der Waals surface area contributed by atoms with E-state index < -0.39 is 6.43 Å². The summed E-state index contributed by atoms with van der Waals surface area (Å²) in [4.78, 5) is 5.79. The van der Waals surface area contributed by atoms with Gasteiger partial charge in [-0.3, -0.25) is 0 Å². The quantitative estimate of drug-likeness (QED) is 0.830. The zero-order valence-corrected chi connectivity index (χ0v) is 10.5. The Labute approximate surface area is 101 Å². The van der Waals surface area contributed by atoms with Crippen LogP contribution in [0.1, 0.15) is 19.5 Å². The second-order valence-electron chi connectivity index (χ2n) is 4.29. The van der Waals surface area contributed by atoms with Crippen LogP contribution in [0.15, 0.2) is 18.2 Å². The molecule has 1 heterocycles. The Morgan fingerprint density at radius 3 is 2.65 bits per heavy atom. The predicted molar refractivity (Wildman–Crippen MR) is 65.5 cm³/mol. The van der Waals surface area contributed by atoms with Gasteiger partial charge < -0.3 is 10.2 Å². The average Bonchev–Trinajstić information content (AvgIpc) is 2.26. The van der Waals surface area contributed by atoms with Crippen LogP contribution < -0.4 is 10.2 Å². The van der Waals surface area contributed by atoms with Gasteiger partial charge in [-0.15, -0.1) is 0 Å². The van der Waals surface area contributed by atoms with Gasteiger partial charge in [-0.25, -0.2) is 13.8 Å². The van der Waals surface area contributed by atoms with E-state index in [2.05, 4.69) is 10.3 Å². The van der Waals surface area contributed by atoms with Gasteiger partial charge in [-0.2, -0.15) is 0 Å². The molecule has 1 aromatic heterocycles. The second kappa shape index (κ2) is 6.49. The highest BCUT2D eigenvalue weighted by atomic mass is 19.3. The summed E-state index contributed by atoms with van der Waals surface area (Å²) in [7, 11) is 1.62. The highest BCUT2D eigenvalue weighted by molar-refractivity contribution is 5.38. The summed E-state index contributed by atoms with van der Waals surface area (Å²) in [6.45, 7) is 4.45. The summed E-state index contributed by atoms with van der Waals surface area (Å²) < 4.78 is 24.5. The second-order valence-corrected chi connectivity index (χ2v) is 4.29. The van der Waals surface area contributed by atoms with E-state index in [1.54, 1.807) is 13.1 Å². The zero-order valence-electron chi connectivity index (χ0n) is 10.5. The fourth-order valence-corrected chi connectivity index (χ4v) is 1.39. The lowest BCUT2D eigenvalue weighted by atomic mass is 10.3. The van der Waals surface area contributed by atoms with Crippen LogP contribution in [0.25, 0.3) is 0 Å². The first-order chi connectivity index (χ1) is 7.99.